The first-order valence-electron chi connectivity index (χ1n) is 10.1. The first-order valence-corrected chi connectivity index (χ1v) is 10.4. The first-order chi connectivity index (χ1) is 15.1. The lowest BCUT2D eigenvalue weighted by Crippen LogP contribution is -2.38. The van der Waals surface area contributed by atoms with E-state index in [0.29, 0.717) is 24.6 Å². The molecule has 158 valence electrons. The molecule has 1 aromatic heterocycles. The Morgan fingerprint density at radius 3 is 2.45 bits per heavy atom. The monoisotopic (exact) mass is 434 g/mol. The van der Waals surface area contributed by atoms with Crippen molar-refractivity contribution >= 4 is 28.5 Å². The van der Waals surface area contributed by atoms with E-state index in [2.05, 4.69) is 10.3 Å². The van der Waals surface area contributed by atoms with Crippen LogP contribution >= 0.6 is 11.6 Å². The zero-order chi connectivity index (χ0) is 21.6. The molecule has 1 unspecified atom stereocenters. The van der Waals surface area contributed by atoms with Gasteiger partial charge in [-0.2, -0.15) is 0 Å². The number of hydrogen-bond acceptors (Lipinski definition) is 3. The van der Waals surface area contributed by atoms with E-state index in [0.717, 1.165) is 33.3 Å². The van der Waals surface area contributed by atoms with Crippen molar-refractivity contribution in [3.8, 4) is 5.75 Å². The first kappa shape index (κ1) is 21.0. The van der Waals surface area contributed by atoms with E-state index in [4.69, 9.17) is 16.3 Å². The van der Waals surface area contributed by atoms with Gasteiger partial charge in [0.05, 0.1) is 0 Å². The van der Waals surface area contributed by atoms with Crippen molar-refractivity contribution in [2.75, 3.05) is 0 Å². The second-order valence-electron chi connectivity index (χ2n) is 7.39. The van der Waals surface area contributed by atoms with Crippen LogP contribution in [0.3, 0.4) is 0 Å². The van der Waals surface area contributed by atoms with Crippen LogP contribution in [0.1, 0.15) is 16.7 Å². The van der Waals surface area contributed by atoms with Gasteiger partial charge in [0.1, 0.15) is 18.4 Å². The molecule has 0 aliphatic heterocycles. The van der Waals surface area contributed by atoms with Crippen LogP contribution in [0, 0.1) is 0 Å². The number of carboxylic acid groups (broad SMARTS) is 1. The third kappa shape index (κ3) is 5.45. The lowest BCUT2D eigenvalue weighted by atomic mass is 10.0. The molecule has 5 nitrogen and oxygen atoms in total. The van der Waals surface area contributed by atoms with Gasteiger partial charge in [0.25, 0.3) is 0 Å². The van der Waals surface area contributed by atoms with E-state index < -0.39 is 12.0 Å². The Hall–Kier alpha value is -3.28. The van der Waals surface area contributed by atoms with E-state index >= 15 is 0 Å². The maximum atomic E-state index is 11.8. The van der Waals surface area contributed by atoms with Crippen molar-refractivity contribution in [1.82, 2.24) is 10.3 Å². The van der Waals surface area contributed by atoms with E-state index in [1.54, 1.807) is 0 Å². The third-order valence-corrected chi connectivity index (χ3v) is 5.44. The molecule has 0 spiro atoms. The number of para-hydroxylation sites is 1. The van der Waals surface area contributed by atoms with Gasteiger partial charge in [0, 0.05) is 35.1 Å². The van der Waals surface area contributed by atoms with Gasteiger partial charge >= 0.3 is 5.97 Å². The average molecular weight is 435 g/mol. The molecule has 0 aliphatic carbocycles. The highest BCUT2D eigenvalue weighted by Crippen LogP contribution is 2.20. The summed E-state index contributed by atoms with van der Waals surface area (Å²) in [5, 5.41) is 14.6. The van der Waals surface area contributed by atoms with Crippen LogP contribution in [0.2, 0.25) is 5.02 Å². The molecule has 3 N–H and O–H groups in total. The number of carboxylic acids is 1. The number of ether oxygens (including phenoxy) is 1. The Morgan fingerprint density at radius 2 is 1.71 bits per heavy atom. The summed E-state index contributed by atoms with van der Waals surface area (Å²) in [5.41, 5.74) is 4.03. The molecule has 6 heteroatoms. The topological polar surface area (TPSA) is 74.3 Å². The molecular formula is C25H23ClN2O3. The van der Waals surface area contributed by atoms with Crippen molar-refractivity contribution in [3.63, 3.8) is 0 Å². The molecule has 1 heterocycles. The Balaban J connectivity index is 1.33. The van der Waals surface area contributed by atoms with Gasteiger partial charge in [0.15, 0.2) is 0 Å². The molecule has 0 aliphatic rings. The Morgan fingerprint density at radius 1 is 1.00 bits per heavy atom. The molecule has 0 saturated carbocycles. The van der Waals surface area contributed by atoms with Crippen molar-refractivity contribution in [2.45, 2.75) is 25.6 Å². The quantitative estimate of drug-likeness (QED) is 0.339. The summed E-state index contributed by atoms with van der Waals surface area (Å²) in [7, 11) is 0. The van der Waals surface area contributed by atoms with Gasteiger partial charge in [-0.15, -0.1) is 0 Å². The summed E-state index contributed by atoms with van der Waals surface area (Å²) in [5.74, 6) is -0.111. The van der Waals surface area contributed by atoms with Crippen LogP contribution in [0.25, 0.3) is 10.9 Å². The highest BCUT2D eigenvalue weighted by atomic mass is 35.5. The predicted octanol–water partition coefficient (Wildman–Crippen LogP) is 5.19. The second-order valence-corrected chi connectivity index (χ2v) is 7.83. The Kier molecular flexibility index (Phi) is 6.55. The van der Waals surface area contributed by atoms with Gasteiger partial charge in [0.2, 0.25) is 0 Å². The van der Waals surface area contributed by atoms with E-state index in [1.807, 2.05) is 79.0 Å². The summed E-state index contributed by atoms with van der Waals surface area (Å²) in [6.45, 7) is 0.914. The van der Waals surface area contributed by atoms with Crippen LogP contribution in [0.15, 0.2) is 79.0 Å². The van der Waals surface area contributed by atoms with Crippen molar-refractivity contribution in [1.29, 1.82) is 0 Å². The van der Waals surface area contributed by atoms with Crippen LogP contribution in [0.4, 0.5) is 0 Å². The number of aromatic amines is 1. The smallest absolute Gasteiger partial charge is 0.321 e. The van der Waals surface area contributed by atoms with E-state index in [1.165, 1.54) is 0 Å². The van der Waals surface area contributed by atoms with Crippen molar-refractivity contribution in [3.05, 3.63) is 101 Å². The predicted molar refractivity (Wildman–Crippen MR) is 122 cm³/mol. The van der Waals surface area contributed by atoms with Gasteiger partial charge in [-0.05, 0) is 47.0 Å². The molecule has 0 fully saturated rings. The Labute approximate surface area is 185 Å². The number of benzene rings is 3. The lowest BCUT2D eigenvalue weighted by molar-refractivity contribution is -0.139. The van der Waals surface area contributed by atoms with Gasteiger partial charge in [-0.25, -0.2) is 0 Å². The van der Waals surface area contributed by atoms with Gasteiger partial charge in [-0.1, -0.05) is 54.1 Å². The largest absolute Gasteiger partial charge is 0.489 e. The summed E-state index contributed by atoms with van der Waals surface area (Å²) in [4.78, 5) is 15.0. The summed E-state index contributed by atoms with van der Waals surface area (Å²) >= 11 is 5.90. The number of hydrogen-bond donors (Lipinski definition) is 3. The molecule has 0 bridgehead atoms. The van der Waals surface area contributed by atoms with Crippen molar-refractivity contribution < 1.29 is 14.6 Å². The standard InChI is InChI=1S/C25H23ClN2O3/c26-20-9-5-18(6-10-20)16-31-21-11-7-17(8-12-21)14-27-24(25(29)30)13-19-15-28-23-4-2-1-3-22(19)23/h1-12,15,24,27-28H,13-14,16H2,(H,29,30). The number of H-pyrrole nitrogens is 1. The molecule has 0 amide bonds. The number of halogens is 1. The summed E-state index contributed by atoms with van der Waals surface area (Å²) in [6.07, 6.45) is 2.29. The molecule has 4 rings (SSSR count). The SMILES string of the molecule is O=C(O)C(Cc1c[nH]c2ccccc12)NCc1ccc(OCc2ccc(Cl)cc2)cc1. The van der Waals surface area contributed by atoms with E-state index in [9.17, 15) is 9.90 Å². The number of nitrogens with one attached hydrogen (secondary N) is 2. The number of aliphatic carboxylic acids is 1. The normalized spacial score (nSPS) is 12.0. The third-order valence-electron chi connectivity index (χ3n) is 5.19. The Bertz CT molecular complexity index is 1150. The van der Waals surface area contributed by atoms with Crippen LogP contribution < -0.4 is 10.1 Å². The number of carbonyl (C=O) groups is 1. The lowest BCUT2D eigenvalue weighted by Gasteiger charge is -2.14. The fourth-order valence-electron chi connectivity index (χ4n) is 3.46. The maximum Gasteiger partial charge on any atom is 0.321 e. The maximum absolute atomic E-state index is 11.8. The zero-order valence-electron chi connectivity index (χ0n) is 16.8. The number of rotatable bonds is 9. The number of aromatic nitrogens is 1. The molecule has 3 aromatic carbocycles. The highest BCUT2D eigenvalue weighted by Gasteiger charge is 2.19. The highest BCUT2D eigenvalue weighted by molar-refractivity contribution is 6.30. The molecule has 0 saturated heterocycles. The molecule has 4 aromatic rings. The fourth-order valence-corrected chi connectivity index (χ4v) is 3.59. The minimum absolute atomic E-state index is 0.404. The molecular weight excluding hydrogens is 412 g/mol. The van der Waals surface area contributed by atoms with Crippen LogP contribution in [-0.4, -0.2) is 22.1 Å². The zero-order valence-corrected chi connectivity index (χ0v) is 17.6. The fraction of sp³-hybridized carbons (Fsp3) is 0.160. The minimum Gasteiger partial charge on any atom is -0.489 e. The molecule has 31 heavy (non-hydrogen) atoms. The summed E-state index contributed by atoms with van der Waals surface area (Å²) in [6, 6.07) is 22.4. The van der Waals surface area contributed by atoms with Crippen LogP contribution in [-0.2, 0) is 24.4 Å². The molecule has 1 atom stereocenters. The average Bonchev–Trinajstić information content (AvgIpc) is 3.19. The van der Waals surface area contributed by atoms with Crippen molar-refractivity contribution in [2.24, 2.45) is 0 Å². The molecule has 0 radical (unpaired) electrons. The second kappa shape index (κ2) is 9.69. The summed E-state index contributed by atoms with van der Waals surface area (Å²) < 4.78 is 5.80. The number of fused-ring (bicyclic) bond motifs is 1. The van der Waals surface area contributed by atoms with E-state index in [-0.39, 0.29) is 0 Å². The van der Waals surface area contributed by atoms with Gasteiger partial charge < -0.3 is 20.1 Å². The van der Waals surface area contributed by atoms with Crippen LogP contribution in [0.5, 0.6) is 5.75 Å². The van der Waals surface area contributed by atoms with Gasteiger partial charge in [-0.3, -0.25) is 4.79 Å². The minimum atomic E-state index is -0.867.